The molecule has 2 heterocycles. The molecule has 0 bridgehead atoms. The van der Waals surface area contributed by atoms with Crippen molar-refractivity contribution in [1.82, 2.24) is 20.9 Å². The Morgan fingerprint density at radius 3 is 2.71 bits per heavy atom. The molecular formula is C21H28N4O3. The number of carbonyl (C=O) groups excluding carboxylic acids is 3. The Balaban J connectivity index is 1.26. The minimum atomic E-state index is -0.198. The Labute approximate surface area is 165 Å². The highest BCUT2D eigenvalue weighted by Crippen LogP contribution is 2.30. The Bertz CT molecular complexity index is 734. The molecule has 150 valence electrons. The monoisotopic (exact) mass is 384 g/mol. The number of benzene rings is 1. The lowest BCUT2D eigenvalue weighted by molar-refractivity contribution is -0.129. The number of hydrogen-bond donors (Lipinski definition) is 3. The van der Waals surface area contributed by atoms with Crippen LogP contribution in [0, 0.1) is 5.92 Å². The van der Waals surface area contributed by atoms with Crippen LogP contribution >= 0.6 is 0 Å². The molecule has 3 amide bonds. The zero-order valence-corrected chi connectivity index (χ0v) is 16.0. The van der Waals surface area contributed by atoms with Gasteiger partial charge in [-0.05, 0) is 31.2 Å². The number of nitrogens with zero attached hydrogens (tertiary/aromatic N) is 1. The maximum absolute atomic E-state index is 12.3. The van der Waals surface area contributed by atoms with Gasteiger partial charge in [0.15, 0.2) is 0 Å². The van der Waals surface area contributed by atoms with Crippen LogP contribution in [0.4, 0.5) is 0 Å². The molecule has 7 nitrogen and oxygen atoms in total. The van der Waals surface area contributed by atoms with Crippen molar-refractivity contribution in [3.05, 3.63) is 35.9 Å². The molecule has 7 heteroatoms. The van der Waals surface area contributed by atoms with E-state index in [2.05, 4.69) is 20.9 Å². The van der Waals surface area contributed by atoms with Gasteiger partial charge in [0, 0.05) is 44.1 Å². The van der Waals surface area contributed by atoms with E-state index in [-0.39, 0.29) is 41.8 Å². The van der Waals surface area contributed by atoms with Crippen molar-refractivity contribution in [1.29, 1.82) is 0 Å². The first-order valence-electron chi connectivity index (χ1n) is 10.2. The van der Waals surface area contributed by atoms with E-state index in [1.807, 2.05) is 30.3 Å². The van der Waals surface area contributed by atoms with Gasteiger partial charge >= 0.3 is 0 Å². The fourth-order valence-corrected chi connectivity index (χ4v) is 4.20. The second kappa shape index (κ2) is 8.31. The van der Waals surface area contributed by atoms with Crippen LogP contribution in [-0.2, 0) is 20.9 Å². The molecule has 3 aliphatic rings. The molecule has 2 aliphatic heterocycles. The summed E-state index contributed by atoms with van der Waals surface area (Å²) in [6, 6.07) is 9.80. The number of piperazine rings is 1. The standard InChI is InChI=1S/C21H28N4O3/c26-19(22-11-14-4-2-1-3-5-14)9-8-17-12-23-21(28)18-10-16(13-25(17)18)24-20(27)15-6-7-15/h1-5,15-18H,6-13H2,(H,22,26)(H,23,28)(H,24,27)/t16-,17+,18-/m0/s1. The molecular weight excluding hydrogens is 356 g/mol. The number of fused-ring (bicyclic) bond motifs is 1. The number of nitrogens with one attached hydrogen (secondary N) is 3. The number of carbonyl (C=O) groups is 3. The minimum absolute atomic E-state index is 0.0232. The van der Waals surface area contributed by atoms with E-state index >= 15 is 0 Å². The predicted molar refractivity (Wildman–Crippen MR) is 104 cm³/mol. The van der Waals surface area contributed by atoms with E-state index in [4.69, 9.17) is 0 Å². The second-order valence-electron chi connectivity index (χ2n) is 8.13. The fraction of sp³-hybridized carbons (Fsp3) is 0.571. The molecule has 3 N–H and O–H groups in total. The largest absolute Gasteiger partial charge is 0.353 e. The Morgan fingerprint density at radius 1 is 1.18 bits per heavy atom. The fourth-order valence-electron chi connectivity index (χ4n) is 4.20. The van der Waals surface area contributed by atoms with Crippen LogP contribution in [0.15, 0.2) is 30.3 Å². The number of rotatable bonds is 7. The summed E-state index contributed by atoms with van der Waals surface area (Å²) in [5.41, 5.74) is 1.08. The van der Waals surface area contributed by atoms with E-state index in [1.54, 1.807) is 0 Å². The molecule has 0 unspecified atom stereocenters. The first kappa shape index (κ1) is 18.9. The van der Waals surface area contributed by atoms with Crippen LogP contribution in [0.3, 0.4) is 0 Å². The van der Waals surface area contributed by atoms with Crippen molar-refractivity contribution in [3.63, 3.8) is 0 Å². The first-order chi connectivity index (χ1) is 13.6. The van der Waals surface area contributed by atoms with Crippen LogP contribution in [0.25, 0.3) is 0 Å². The van der Waals surface area contributed by atoms with Crippen LogP contribution in [-0.4, -0.2) is 53.8 Å². The maximum atomic E-state index is 12.3. The predicted octanol–water partition coefficient (Wildman–Crippen LogP) is 0.551. The first-order valence-corrected chi connectivity index (χ1v) is 10.2. The van der Waals surface area contributed by atoms with Gasteiger partial charge in [-0.15, -0.1) is 0 Å². The van der Waals surface area contributed by atoms with Gasteiger partial charge in [-0.1, -0.05) is 30.3 Å². The zero-order valence-electron chi connectivity index (χ0n) is 16.0. The maximum Gasteiger partial charge on any atom is 0.237 e. The van der Waals surface area contributed by atoms with Gasteiger partial charge in [0.05, 0.1) is 6.04 Å². The Hall–Kier alpha value is -2.41. The molecule has 0 spiro atoms. The molecule has 1 aliphatic carbocycles. The molecule has 0 radical (unpaired) electrons. The third-order valence-corrected chi connectivity index (χ3v) is 5.95. The summed E-state index contributed by atoms with van der Waals surface area (Å²) >= 11 is 0. The smallest absolute Gasteiger partial charge is 0.237 e. The Morgan fingerprint density at radius 2 is 1.96 bits per heavy atom. The molecule has 3 fully saturated rings. The summed E-state index contributed by atoms with van der Waals surface area (Å²) < 4.78 is 0. The lowest BCUT2D eigenvalue weighted by atomic mass is 10.0. The molecule has 1 saturated carbocycles. The van der Waals surface area contributed by atoms with Crippen molar-refractivity contribution in [2.75, 3.05) is 13.1 Å². The summed E-state index contributed by atoms with van der Waals surface area (Å²) in [4.78, 5) is 38.7. The third-order valence-electron chi connectivity index (χ3n) is 5.95. The summed E-state index contributed by atoms with van der Waals surface area (Å²) in [5.74, 6) is 0.362. The molecule has 2 saturated heterocycles. The van der Waals surface area contributed by atoms with E-state index in [9.17, 15) is 14.4 Å². The van der Waals surface area contributed by atoms with E-state index in [0.717, 1.165) is 18.4 Å². The van der Waals surface area contributed by atoms with Crippen LogP contribution < -0.4 is 16.0 Å². The normalized spacial score (nSPS) is 27.0. The molecule has 28 heavy (non-hydrogen) atoms. The average molecular weight is 384 g/mol. The summed E-state index contributed by atoms with van der Waals surface area (Å²) in [7, 11) is 0. The van der Waals surface area contributed by atoms with Crippen molar-refractivity contribution in [2.24, 2.45) is 5.92 Å². The number of amides is 3. The van der Waals surface area contributed by atoms with Crippen molar-refractivity contribution in [2.45, 2.75) is 56.8 Å². The quantitative estimate of drug-likeness (QED) is 0.640. The SMILES string of the molecule is O=C(CC[C@@H]1CNC(=O)[C@@H]2C[C@H](NC(=O)C3CC3)CN12)NCc1ccccc1. The number of hydrogen-bond acceptors (Lipinski definition) is 4. The topological polar surface area (TPSA) is 90.5 Å². The van der Waals surface area contributed by atoms with Crippen LogP contribution in [0.5, 0.6) is 0 Å². The lowest BCUT2D eigenvalue weighted by Gasteiger charge is -2.37. The second-order valence-corrected chi connectivity index (χ2v) is 8.13. The molecule has 0 aromatic heterocycles. The van der Waals surface area contributed by atoms with Crippen LogP contribution in [0.1, 0.15) is 37.7 Å². The zero-order chi connectivity index (χ0) is 19.5. The highest BCUT2D eigenvalue weighted by atomic mass is 16.2. The van der Waals surface area contributed by atoms with Crippen LogP contribution in [0.2, 0.25) is 0 Å². The summed E-state index contributed by atoms with van der Waals surface area (Å²) in [6.45, 7) is 1.78. The highest BCUT2D eigenvalue weighted by molar-refractivity contribution is 5.84. The molecule has 1 aromatic carbocycles. The lowest BCUT2D eigenvalue weighted by Crippen LogP contribution is -2.58. The minimum Gasteiger partial charge on any atom is -0.353 e. The van der Waals surface area contributed by atoms with E-state index in [0.29, 0.717) is 38.9 Å². The van der Waals surface area contributed by atoms with Crippen molar-refractivity contribution >= 4 is 17.7 Å². The molecule has 1 aromatic rings. The third kappa shape index (κ3) is 4.52. The van der Waals surface area contributed by atoms with E-state index < -0.39 is 0 Å². The van der Waals surface area contributed by atoms with Gasteiger partial charge in [0.25, 0.3) is 0 Å². The average Bonchev–Trinajstić information content (AvgIpc) is 3.47. The van der Waals surface area contributed by atoms with Crippen molar-refractivity contribution < 1.29 is 14.4 Å². The van der Waals surface area contributed by atoms with Gasteiger partial charge < -0.3 is 16.0 Å². The molecule has 3 atom stereocenters. The highest BCUT2D eigenvalue weighted by Gasteiger charge is 2.44. The van der Waals surface area contributed by atoms with Gasteiger partial charge in [-0.25, -0.2) is 0 Å². The van der Waals surface area contributed by atoms with Gasteiger partial charge in [-0.2, -0.15) is 0 Å². The van der Waals surface area contributed by atoms with Gasteiger partial charge in [-0.3, -0.25) is 19.3 Å². The molecule has 4 rings (SSSR count). The summed E-state index contributed by atoms with van der Waals surface area (Å²) in [6.07, 6.45) is 3.73. The van der Waals surface area contributed by atoms with Gasteiger partial charge in [0.1, 0.15) is 0 Å². The van der Waals surface area contributed by atoms with E-state index in [1.165, 1.54) is 0 Å². The van der Waals surface area contributed by atoms with Gasteiger partial charge in [0.2, 0.25) is 17.7 Å². The summed E-state index contributed by atoms with van der Waals surface area (Å²) in [5, 5.41) is 9.03. The van der Waals surface area contributed by atoms with Crippen molar-refractivity contribution in [3.8, 4) is 0 Å². The Kier molecular flexibility index (Phi) is 5.62.